The average Bonchev–Trinajstić information content (AvgIpc) is 2.98. The van der Waals surface area contributed by atoms with E-state index in [4.69, 9.17) is 5.73 Å². The highest BCUT2D eigenvalue weighted by Crippen LogP contribution is 2.21. The quantitative estimate of drug-likeness (QED) is 0.712. The normalized spacial score (nSPS) is 28.6. The Hall–Kier alpha value is -0.650. The van der Waals surface area contributed by atoms with E-state index in [0.717, 1.165) is 26.2 Å². The first kappa shape index (κ1) is 14.8. The molecule has 0 bridgehead atoms. The second kappa shape index (κ2) is 6.20. The molecule has 0 aromatic carbocycles. The van der Waals surface area contributed by atoms with Gasteiger partial charge in [0.15, 0.2) is 0 Å². The number of carbonyl (C=O) groups is 1. The van der Waals surface area contributed by atoms with Crippen LogP contribution in [0.4, 0.5) is 0 Å². The van der Waals surface area contributed by atoms with E-state index in [9.17, 15) is 4.79 Å². The van der Waals surface area contributed by atoms with Gasteiger partial charge >= 0.3 is 0 Å². The van der Waals surface area contributed by atoms with E-state index in [1.807, 2.05) is 13.8 Å². The van der Waals surface area contributed by atoms with Crippen LogP contribution in [0.15, 0.2) is 0 Å². The Bertz CT molecular complexity index is 317. The third-order valence-corrected chi connectivity index (χ3v) is 4.56. The third-order valence-electron chi connectivity index (χ3n) is 4.56. The Kier molecular flexibility index (Phi) is 4.81. The predicted molar refractivity (Wildman–Crippen MR) is 76.9 cm³/mol. The van der Waals surface area contributed by atoms with Crippen molar-refractivity contribution in [2.45, 2.75) is 44.7 Å². The number of nitrogens with one attached hydrogen (secondary N) is 1. The second-order valence-corrected chi connectivity index (χ2v) is 6.15. The Morgan fingerprint density at radius 1 is 1.37 bits per heavy atom. The fourth-order valence-corrected chi connectivity index (χ4v) is 3.42. The number of rotatable bonds is 6. The van der Waals surface area contributed by atoms with Crippen LogP contribution in [0.25, 0.3) is 0 Å². The first-order valence-electron chi connectivity index (χ1n) is 7.56. The van der Waals surface area contributed by atoms with E-state index in [1.54, 1.807) is 0 Å². The van der Waals surface area contributed by atoms with Gasteiger partial charge in [-0.05, 0) is 52.4 Å². The van der Waals surface area contributed by atoms with Crippen molar-refractivity contribution < 1.29 is 4.79 Å². The fraction of sp³-hybridized carbons (Fsp3) is 0.929. The largest absolute Gasteiger partial charge is 0.368 e. The van der Waals surface area contributed by atoms with E-state index in [0.29, 0.717) is 6.04 Å². The zero-order valence-corrected chi connectivity index (χ0v) is 12.3. The summed E-state index contributed by atoms with van der Waals surface area (Å²) >= 11 is 0. The minimum absolute atomic E-state index is 0.251. The maximum Gasteiger partial charge on any atom is 0.238 e. The van der Waals surface area contributed by atoms with Gasteiger partial charge in [-0.15, -0.1) is 0 Å². The number of primary amides is 1. The molecule has 3 N–H and O–H groups in total. The highest BCUT2D eigenvalue weighted by molar-refractivity contribution is 5.84. The van der Waals surface area contributed by atoms with Crippen molar-refractivity contribution in [1.82, 2.24) is 15.1 Å². The van der Waals surface area contributed by atoms with Gasteiger partial charge < -0.3 is 11.1 Å². The average molecular weight is 268 g/mol. The van der Waals surface area contributed by atoms with Crippen LogP contribution in [-0.4, -0.2) is 66.6 Å². The zero-order valence-electron chi connectivity index (χ0n) is 12.3. The van der Waals surface area contributed by atoms with Gasteiger partial charge in [0.25, 0.3) is 0 Å². The molecule has 5 heteroatoms. The lowest BCUT2D eigenvalue weighted by molar-refractivity contribution is -0.124. The summed E-state index contributed by atoms with van der Waals surface area (Å²) in [6.07, 6.45) is 3.90. The van der Waals surface area contributed by atoms with Gasteiger partial charge in [0.2, 0.25) is 5.91 Å². The lowest BCUT2D eigenvalue weighted by atomic mass is 10.0. The maximum absolute atomic E-state index is 11.7. The molecule has 19 heavy (non-hydrogen) atoms. The molecular weight excluding hydrogens is 240 g/mol. The SMILES string of the molecule is CCNC(C)(CN1CCC(N2CCCC2)C1)C(N)=O. The number of nitrogens with two attached hydrogens (primary N) is 1. The van der Waals surface area contributed by atoms with Crippen LogP contribution in [0.5, 0.6) is 0 Å². The summed E-state index contributed by atoms with van der Waals surface area (Å²) in [7, 11) is 0. The van der Waals surface area contributed by atoms with Gasteiger partial charge in [-0.1, -0.05) is 6.92 Å². The molecule has 0 aromatic heterocycles. The summed E-state index contributed by atoms with van der Waals surface area (Å²) in [5.74, 6) is -0.251. The molecular formula is C14H28N4O. The van der Waals surface area contributed by atoms with Gasteiger partial charge in [-0.3, -0.25) is 14.6 Å². The van der Waals surface area contributed by atoms with Crippen LogP contribution in [0, 0.1) is 0 Å². The Morgan fingerprint density at radius 2 is 2.05 bits per heavy atom. The monoisotopic (exact) mass is 268 g/mol. The first-order chi connectivity index (χ1) is 9.05. The Balaban J connectivity index is 1.87. The van der Waals surface area contributed by atoms with E-state index in [-0.39, 0.29) is 5.91 Å². The molecule has 0 spiro atoms. The topological polar surface area (TPSA) is 61.6 Å². The van der Waals surface area contributed by atoms with Crippen molar-refractivity contribution in [3.05, 3.63) is 0 Å². The van der Waals surface area contributed by atoms with Crippen molar-refractivity contribution in [2.24, 2.45) is 5.73 Å². The summed E-state index contributed by atoms with van der Waals surface area (Å²) in [6, 6.07) is 0.682. The summed E-state index contributed by atoms with van der Waals surface area (Å²) < 4.78 is 0. The molecule has 0 radical (unpaired) electrons. The molecule has 0 aromatic rings. The van der Waals surface area contributed by atoms with Crippen molar-refractivity contribution >= 4 is 5.91 Å². The number of nitrogens with zero attached hydrogens (tertiary/aromatic N) is 2. The molecule has 5 nitrogen and oxygen atoms in total. The highest BCUT2D eigenvalue weighted by atomic mass is 16.1. The number of hydrogen-bond acceptors (Lipinski definition) is 4. The van der Waals surface area contributed by atoms with Gasteiger partial charge in [-0.2, -0.15) is 0 Å². The van der Waals surface area contributed by atoms with E-state index in [2.05, 4.69) is 15.1 Å². The van der Waals surface area contributed by atoms with Crippen molar-refractivity contribution in [2.75, 3.05) is 39.3 Å². The van der Waals surface area contributed by atoms with Crippen molar-refractivity contribution in [3.8, 4) is 0 Å². The zero-order chi connectivity index (χ0) is 13.9. The molecule has 0 aliphatic carbocycles. The number of carbonyl (C=O) groups excluding carboxylic acids is 1. The third kappa shape index (κ3) is 3.46. The van der Waals surface area contributed by atoms with E-state index >= 15 is 0 Å². The number of hydrogen-bond donors (Lipinski definition) is 2. The standard InChI is InChI=1S/C14H28N4O/c1-3-16-14(2,13(15)19)11-17-9-6-12(10-17)18-7-4-5-8-18/h12,16H,3-11H2,1-2H3,(H2,15,19). The molecule has 2 saturated heterocycles. The Labute approximate surface area is 116 Å². The maximum atomic E-state index is 11.7. The molecule has 2 unspecified atom stereocenters. The van der Waals surface area contributed by atoms with Crippen LogP contribution in [0.1, 0.15) is 33.1 Å². The number of likely N-dealkylation sites (N-methyl/N-ethyl adjacent to an activating group) is 1. The number of amides is 1. The molecule has 2 aliphatic rings. The Morgan fingerprint density at radius 3 is 2.63 bits per heavy atom. The summed E-state index contributed by atoms with van der Waals surface area (Å²) in [4.78, 5) is 16.7. The molecule has 2 rings (SSSR count). The van der Waals surface area contributed by atoms with Crippen LogP contribution in [0.3, 0.4) is 0 Å². The minimum atomic E-state index is -0.603. The van der Waals surface area contributed by atoms with Crippen LogP contribution in [-0.2, 0) is 4.79 Å². The van der Waals surface area contributed by atoms with Crippen LogP contribution in [0.2, 0.25) is 0 Å². The van der Waals surface area contributed by atoms with Crippen LogP contribution < -0.4 is 11.1 Å². The lowest BCUT2D eigenvalue weighted by Gasteiger charge is -2.32. The van der Waals surface area contributed by atoms with E-state index < -0.39 is 5.54 Å². The van der Waals surface area contributed by atoms with Gasteiger partial charge in [-0.25, -0.2) is 0 Å². The summed E-state index contributed by atoms with van der Waals surface area (Å²) in [5, 5.41) is 3.24. The minimum Gasteiger partial charge on any atom is -0.368 e. The molecule has 110 valence electrons. The first-order valence-corrected chi connectivity index (χ1v) is 7.56. The van der Waals surface area contributed by atoms with Crippen molar-refractivity contribution in [3.63, 3.8) is 0 Å². The molecule has 0 saturated carbocycles. The number of likely N-dealkylation sites (tertiary alicyclic amines) is 2. The van der Waals surface area contributed by atoms with Gasteiger partial charge in [0.05, 0.1) is 0 Å². The van der Waals surface area contributed by atoms with Gasteiger partial charge in [0, 0.05) is 19.1 Å². The molecule has 2 fully saturated rings. The molecule has 2 atom stereocenters. The summed E-state index contributed by atoms with van der Waals surface area (Å²) in [6.45, 7) is 10.1. The smallest absolute Gasteiger partial charge is 0.238 e. The predicted octanol–water partition coefficient (Wildman–Crippen LogP) is 0.0100. The van der Waals surface area contributed by atoms with Crippen LogP contribution >= 0.6 is 0 Å². The second-order valence-electron chi connectivity index (χ2n) is 6.15. The highest BCUT2D eigenvalue weighted by Gasteiger charge is 2.36. The van der Waals surface area contributed by atoms with Gasteiger partial charge in [0.1, 0.15) is 5.54 Å². The van der Waals surface area contributed by atoms with Crippen molar-refractivity contribution in [1.29, 1.82) is 0 Å². The molecule has 2 heterocycles. The van der Waals surface area contributed by atoms with E-state index in [1.165, 1.54) is 32.4 Å². The molecule has 1 amide bonds. The molecule has 2 aliphatic heterocycles. The fourth-order valence-electron chi connectivity index (χ4n) is 3.42. The summed E-state index contributed by atoms with van der Waals surface area (Å²) in [5.41, 5.74) is 4.95. The lowest BCUT2D eigenvalue weighted by Crippen LogP contribution is -2.59.